The quantitative estimate of drug-likeness (QED) is 0.757. The lowest BCUT2D eigenvalue weighted by Crippen LogP contribution is -2.38. The van der Waals surface area contributed by atoms with Crippen LogP contribution < -0.4 is 0 Å². The standard InChI is InChI=1S/C17H17N5O3S/c1-21-15(14(17(24)25)19-20-21)10-4-7-22(8-5-10)16(23)13-9-11-12(26-13)3-2-6-18-11/h2-3,6,9-10H,4-5,7-8H2,1H3,(H,24,25). The zero-order valence-corrected chi connectivity index (χ0v) is 14.9. The normalized spacial score (nSPS) is 15.5. The van der Waals surface area contributed by atoms with Gasteiger partial charge in [-0.15, -0.1) is 16.4 Å². The topological polar surface area (TPSA) is 101 Å². The van der Waals surface area contributed by atoms with Crippen LogP contribution in [-0.4, -0.2) is 55.0 Å². The molecule has 1 saturated heterocycles. The molecule has 3 aromatic rings. The number of fused-ring (bicyclic) bond motifs is 1. The Bertz CT molecular complexity index is 954. The number of rotatable bonds is 3. The molecule has 1 aliphatic heterocycles. The van der Waals surface area contributed by atoms with E-state index in [1.54, 1.807) is 13.2 Å². The van der Waals surface area contributed by atoms with E-state index in [0.29, 0.717) is 36.5 Å². The summed E-state index contributed by atoms with van der Waals surface area (Å²) in [5.41, 5.74) is 1.48. The van der Waals surface area contributed by atoms with Gasteiger partial charge < -0.3 is 10.0 Å². The van der Waals surface area contributed by atoms with Crippen LogP contribution >= 0.6 is 11.3 Å². The molecule has 4 heterocycles. The molecule has 0 radical (unpaired) electrons. The molecular weight excluding hydrogens is 354 g/mol. The van der Waals surface area contributed by atoms with Crippen LogP contribution in [-0.2, 0) is 7.05 Å². The van der Waals surface area contributed by atoms with E-state index in [1.165, 1.54) is 16.0 Å². The molecule has 0 bridgehead atoms. The second kappa shape index (κ2) is 6.49. The van der Waals surface area contributed by atoms with Crippen LogP contribution in [0.3, 0.4) is 0 Å². The molecule has 0 aliphatic carbocycles. The number of likely N-dealkylation sites (tertiary alicyclic amines) is 1. The Balaban J connectivity index is 1.49. The number of aryl methyl sites for hydroxylation is 1. The summed E-state index contributed by atoms with van der Waals surface area (Å²) >= 11 is 1.45. The minimum atomic E-state index is -1.07. The number of piperidine rings is 1. The van der Waals surface area contributed by atoms with Crippen LogP contribution in [0.4, 0.5) is 0 Å². The summed E-state index contributed by atoms with van der Waals surface area (Å²) in [6.45, 7) is 1.16. The average Bonchev–Trinajstić information content (AvgIpc) is 3.24. The third-order valence-electron chi connectivity index (χ3n) is 4.74. The van der Waals surface area contributed by atoms with E-state index in [2.05, 4.69) is 15.3 Å². The van der Waals surface area contributed by atoms with Crippen LogP contribution in [0.1, 0.15) is 44.6 Å². The number of thiophene rings is 1. The van der Waals surface area contributed by atoms with Gasteiger partial charge in [0.15, 0.2) is 5.69 Å². The van der Waals surface area contributed by atoms with Crippen molar-refractivity contribution in [2.75, 3.05) is 13.1 Å². The number of aromatic carboxylic acids is 1. The lowest BCUT2D eigenvalue weighted by molar-refractivity contribution is 0.0675. The minimum absolute atomic E-state index is 0.00728. The average molecular weight is 371 g/mol. The van der Waals surface area contributed by atoms with Crippen molar-refractivity contribution in [3.63, 3.8) is 0 Å². The highest BCUT2D eigenvalue weighted by Crippen LogP contribution is 2.31. The molecule has 0 aromatic carbocycles. The van der Waals surface area contributed by atoms with E-state index in [0.717, 1.165) is 10.2 Å². The fourth-order valence-electron chi connectivity index (χ4n) is 3.46. The van der Waals surface area contributed by atoms with Gasteiger partial charge in [-0.1, -0.05) is 5.21 Å². The van der Waals surface area contributed by atoms with Gasteiger partial charge in [-0.3, -0.25) is 14.5 Å². The molecule has 1 fully saturated rings. The maximum absolute atomic E-state index is 12.8. The van der Waals surface area contributed by atoms with Crippen molar-refractivity contribution in [2.45, 2.75) is 18.8 Å². The van der Waals surface area contributed by atoms with Crippen molar-refractivity contribution in [1.82, 2.24) is 24.9 Å². The zero-order valence-electron chi connectivity index (χ0n) is 14.1. The maximum atomic E-state index is 12.8. The van der Waals surface area contributed by atoms with E-state index in [-0.39, 0.29) is 17.5 Å². The Morgan fingerprint density at radius 2 is 2.08 bits per heavy atom. The Morgan fingerprint density at radius 3 is 2.77 bits per heavy atom. The van der Waals surface area contributed by atoms with Gasteiger partial charge in [-0.05, 0) is 31.0 Å². The zero-order chi connectivity index (χ0) is 18.3. The number of amides is 1. The summed E-state index contributed by atoms with van der Waals surface area (Å²) in [4.78, 5) is 30.9. The molecule has 4 rings (SSSR count). The van der Waals surface area contributed by atoms with Crippen molar-refractivity contribution in [2.24, 2.45) is 7.05 Å². The Kier molecular flexibility index (Phi) is 4.15. The molecule has 9 heteroatoms. The number of carboxylic acid groups (broad SMARTS) is 1. The van der Waals surface area contributed by atoms with Crippen molar-refractivity contribution < 1.29 is 14.7 Å². The van der Waals surface area contributed by atoms with E-state index in [1.807, 2.05) is 23.1 Å². The van der Waals surface area contributed by atoms with E-state index < -0.39 is 5.97 Å². The van der Waals surface area contributed by atoms with Crippen LogP contribution in [0.2, 0.25) is 0 Å². The van der Waals surface area contributed by atoms with Crippen molar-refractivity contribution in [1.29, 1.82) is 0 Å². The molecule has 3 aromatic heterocycles. The summed E-state index contributed by atoms with van der Waals surface area (Å²) in [7, 11) is 1.70. The summed E-state index contributed by atoms with van der Waals surface area (Å²) in [6.07, 6.45) is 3.10. The maximum Gasteiger partial charge on any atom is 0.358 e. The van der Waals surface area contributed by atoms with Crippen LogP contribution in [0.5, 0.6) is 0 Å². The smallest absolute Gasteiger partial charge is 0.358 e. The third kappa shape index (κ3) is 2.84. The minimum Gasteiger partial charge on any atom is -0.476 e. The van der Waals surface area contributed by atoms with Gasteiger partial charge in [0, 0.05) is 32.3 Å². The van der Waals surface area contributed by atoms with E-state index in [4.69, 9.17) is 0 Å². The predicted octanol–water partition coefficient (Wildman–Crippen LogP) is 2.14. The van der Waals surface area contributed by atoms with Gasteiger partial charge in [-0.2, -0.15) is 0 Å². The third-order valence-corrected chi connectivity index (χ3v) is 5.82. The molecule has 1 amide bonds. The summed E-state index contributed by atoms with van der Waals surface area (Å²) in [5, 5.41) is 16.9. The number of carboxylic acids is 1. The second-order valence-corrected chi connectivity index (χ2v) is 7.40. The molecule has 0 unspecified atom stereocenters. The Morgan fingerprint density at radius 1 is 1.31 bits per heavy atom. The van der Waals surface area contributed by atoms with Gasteiger partial charge in [0.25, 0.3) is 5.91 Å². The van der Waals surface area contributed by atoms with E-state index >= 15 is 0 Å². The van der Waals surface area contributed by atoms with Gasteiger partial charge in [0.1, 0.15) is 0 Å². The highest BCUT2D eigenvalue weighted by atomic mass is 32.1. The summed E-state index contributed by atoms with van der Waals surface area (Å²) in [6, 6.07) is 5.65. The fourth-order valence-corrected chi connectivity index (χ4v) is 4.45. The molecule has 0 saturated carbocycles. The number of hydrogen-bond acceptors (Lipinski definition) is 6. The molecular formula is C17H17N5O3S. The van der Waals surface area contributed by atoms with Gasteiger partial charge in [-0.25, -0.2) is 4.79 Å². The Labute approximate surface area is 153 Å². The first-order valence-electron chi connectivity index (χ1n) is 8.31. The van der Waals surface area contributed by atoms with Crippen LogP contribution in [0, 0.1) is 0 Å². The number of carbonyl (C=O) groups excluding carboxylic acids is 1. The van der Waals surface area contributed by atoms with Gasteiger partial charge in [0.2, 0.25) is 0 Å². The summed E-state index contributed by atoms with van der Waals surface area (Å²) in [5.74, 6) is -1.02. The number of nitrogens with zero attached hydrogens (tertiary/aromatic N) is 5. The molecule has 1 aliphatic rings. The molecule has 8 nitrogen and oxygen atoms in total. The largest absolute Gasteiger partial charge is 0.476 e. The van der Waals surface area contributed by atoms with Gasteiger partial charge in [0.05, 0.1) is 20.8 Å². The van der Waals surface area contributed by atoms with Crippen LogP contribution in [0.25, 0.3) is 10.2 Å². The highest BCUT2D eigenvalue weighted by Gasteiger charge is 2.31. The molecule has 1 N–H and O–H groups in total. The van der Waals surface area contributed by atoms with Gasteiger partial charge >= 0.3 is 5.97 Å². The van der Waals surface area contributed by atoms with Crippen molar-refractivity contribution >= 4 is 33.4 Å². The number of pyridine rings is 1. The highest BCUT2D eigenvalue weighted by molar-refractivity contribution is 7.20. The number of aromatic nitrogens is 4. The fraction of sp³-hybridized carbons (Fsp3) is 0.353. The van der Waals surface area contributed by atoms with Crippen molar-refractivity contribution in [3.05, 3.63) is 40.7 Å². The number of carbonyl (C=O) groups is 2. The monoisotopic (exact) mass is 371 g/mol. The summed E-state index contributed by atoms with van der Waals surface area (Å²) < 4.78 is 2.53. The molecule has 26 heavy (non-hydrogen) atoms. The Hall–Kier alpha value is -2.81. The number of hydrogen-bond donors (Lipinski definition) is 1. The molecule has 134 valence electrons. The van der Waals surface area contributed by atoms with E-state index in [9.17, 15) is 14.7 Å². The first-order chi connectivity index (χ1) is 12.5. The van der Waals surface area contributed by atoms with Crippen molar-refractivity contribution in [3.8, 4) is 0 Å². The predicted molar refractivity (Wildman–Crippen MR) is 95.5 cm³/mol. The second-order valence-electron chi connectivity index (χ2n) is 6.32. The lowest BCUT2D eigenvalue weighted by atomic mass is 9.92. The lowest BCUT2D eigenvalue weighted by Gasteiger charge is -2.31. The molecule has 0 atom stereocenters. The first kappa shape index (κ1) is 16.6. The SMILES string of the molecule is Cn1nnc(C(=O)O)c1C1CCN(C(=O)c2cc3ncccc3s2)CC1. The first-order valence-corrected chi connectivity index (χ1v) is 9.13. The van der Waals surface area contributed by atoms with Crippen LogP contribution in [0.15, 0.2) is 24.4 Å². The molecule has 0 spiro atoms.